The Morgan fingerprint density at radius 1 is 1.30 bits per heavy atom. The molecule has 8 heteroatoms. The molecule has 1 rings (SSSR count). The lowest BCUT2D eigenvalue weighted by atomic mass is 10.2. The van der Waals surface area contributed by atoms with Gasteiger partial charge in [0.15, 0.2) is 5.11 Å². The minimum Gasteiger partial charge on any atom is -0.383 e. The van der Waals surface area contributed by atoms with Crippen LogP contribution >= 0.6 is 39.9 Å². The summed E-state index contributed by atoms with van der Waals surface area (Å²) in [4.78, 5) is 12.0. The van der Waals surface area contributed by atoms with E-state index in [9.17, 15) is 4.79 Å². The number of carbonyl (C=O) groups excluding carboxylic acids is 1. The molecule has 0 heterocycles. The van der Waals surface area contributed by atoms with Crippen LogP contribution in [0.25, 0.3) is 0 Å². The standard InChI is InChI=1S/C15H22BrN3O2S2/c1-10(8-21-3)17-15(22)19-18-14(20)11(2)23-9-12-4-6-13(16)7-5-12/h4-7,10-11H,8-9H2,1-3H3,(H,18,20)(H2,17,19,22)/t10-,11+/m0/s1. The lowest BCUT2D eigenvalue weighted by Crippen LogP contribution is -2.51. The zero-order valence-electron chi connectivity index (χ0n) is 13.4. The van der Waals surface area contributed by atoms with Crippen LogP contribution in [0.5, 0.6) is 0 Å². The molecule has 0 spiro atoms. The molecule has 128 valence electrons. The van der Waals surface area contributed by atoms with E-state index in [2.05, 4.69) is 32.1 Å². The Morgan fingerprint density at radius 2 is 1.96 bits per heavy atom. The Morgan fingerprint density at radius 3 is 2.57 bits per heavy atom. The van der Waals surface area contributed by atoms with E-state index in [0.717, 1.165) is 10.2 Å². The third kappa shape index (κ3) is 8.55. The number of methoxy groups -OCH3 is 1. The first-order valence-electron chi connectivity index (χ1n) is 7.13. The van der Waals surface area contributed by atoms with Gasteiger partial charge in [-0.15, -0.1) is 11.8 Å². The Bertz CT molecular complexity index is 514. The number of benzene rings is 1. The fourth-order valence-corrected chi connectivity index (χ4v) is 3.01. The van der Waals surface area contributed by atoms with Crippen molar-refractivity contribution in [2.24, 2.45) is 0 Å². The number of ether oxygens (including phenoxy) is 1. The summed E-state index contributed by atoms with van der Waals surface area (Å²) < 4.78 is 6.05. The summed E-state index contributed by atoms with van der Waals surface area (Å²) in [5.41, 5.74) is 6.49. The first kappa shape index (κ1) is 20.2. The van der Waals surface area contributed by atoms with Gasteiger partial charge in [-0.25, -0.2) is 0 Å². The predicted molar refractivity (Wildman–Crippen MR) is 103 cm³/mol. The number of thioether (sulfide) groups is 1. The number of carbonyl (C=O) groups is 1. The molecule has 1 aromatic rings. The maximum atomic E-state index is 12.0. The summed E-state index contributed by atoms with van der Waals surface area (Å²) in [6, 6.07) is 8.13. The summed E-state index contributed by atoms with van der Waals surface area (Å²) in [5, 5.41) is 3.19. The van der Waals surface area contributed by atoms with Crippen molar-refractivity contribution >= 4 is 50.9 Å². The Hall–Kier alpha value is -0.830. The van der Waals surface area contributed by atoms with E-state index < -0.39 is 0 Å². The molecule has 0 radical (unpaired) electrons. The molecule has 0 fully saturated rings. The lowest BCUT2D eigenvalue weighted by Gasteiger charge is -2.18. The number of amides is 1. The molecule has 5 nitrogen and oxygen atoms in total. The number of hydrogen-bond acceptors (Lipinski definition) is 4. The smallest absolute Gasteiger partial charge is 0.251 e. The number of nitrogens with one attached hydrogen (secondary N) is 3. The predicted octanol–water partition coefficient (Wildman–Crippen LogP) is 2.60. The summed E-state index contributed by atoms with van der Waals surface area (Å²) in [6.07, 6.45) is 0. The quantitative estimate of drug-likeness (QED) is 0.466. The summed E-state index contributed by atoms with van der Waals surface area (Å²) in [6.45, 7) is 4.34. The van der Waals surface area contributed by atoms with Crippen molar-refractivity contribution in [3.8, 4) is 0 Å². The van der Waals surface area contributed by atoms with Crippen molar-refractivity contribution in [3.05, 3.63) is 34.3 Å². The van der Waals surface area contributed by atoms with Crippen LogP contribution < -0.4 is 16.2 Å². The van der Waals surface area contributed by atoms with Gasteiger partial charge in [-0.1, -0.05) is 28.1 Å². The zero-order chi connectivity index (χ0) is 17.2. The summed E-state index contributed by atoms with van der Waals surface area (Å²) >= 11 is 10.1. The van der Waals surface area contributed by atoms with Crippen LogP contribution in [0, 0.1) is 0 Å². The molecule has 0 aliphatic carbocycles. The number of hydrogen-bond donors (Lipinski definition) is 3. The monoisotopic (exact) mass is 419 g/mol. The first-order chi connectivity index (χ1) is 10.9. The molecule has 3 N–H and O–H groups in total. The van der Waals surface area contributed by atoms with Crippen molar-refractivity contribution in [2.45, 2.75) is 30.9 Å². The van der Waals surface area contributed by atoms with Gasteiger partial charge in [0.2, 0.25) is 0 Å². The molecular weight excluding hydrogens is 398 g/mol. The van der Waals surface area contributed by atoms with E-state index in [1.165, 1.54) is 5.56 Å². The molecule has 0 aliphatic heterocycles. The van der Waals surface area contributed by atoms with Gasteiger partial charge in [-0.3, -0.25) is 15.6 Å². The number of hydrazine groups is 1. The highest BCUT2D eigenvalue weighted by molar-refractivity contribution is 9.10. The van der Waals surface area contributed by atoms with Crippen molar-refractivity contribution in [3.63, 3.8) is 0 Å². The minimum atomic E-state index is -0.189. The van der Waals surface area contributed by atoms with Gasteiger partial charge in [0.05, 0.1) is 11.9 Å². The molecule has 2 atom stereocenters. The highest BCUT2D eigenvalue weighted by atomic mass is 79.9. The molecule has 1 aromatic carbocycles. The summed E-state index contributed by atoms with van der Waals surface area (Å²) in [7, 11) is 1.63. The summed E-state index contributed by atoms with van der Waals surface area (Å²) in [5.74, 6) is 0.658. The van der Waals surface area contributed by atoms with Crippen LogP contribution in [0.2, 0.25) is 0 Å². The van der Waals surface area contributed by atoms with E-state index in [1.807, 2.05) is 38.1 Å². The van der Waals surface area contributed by atoms with E-state index in [-0.39, 0.29) is 17.2 Å². The lowest BCUT2D eigenvalue weighted by molar-refractivity contribution is -0.120. The third-order valence-corrected chi connectivity index (χ3v) is 4.84. The second-order valence-corrected chi connectivity index (χ2v) is 7.68. The molecule has 0 unspecified atom stereocenters. The molecule has 23 heavy (non-hydrogen) atoms. The van der Waals surface area contributed by atoms with E-state index in [0.29, 0.717) is 11.7 Å². The number of rotatable bonds is 7. The van der Waals surface area contributed by atoms with Crippen LogP contribution in [0.15, 0.2) is 28.7 Å². The van der Waals surface area contributed by atoms with Crippen LogP contribution in [-0.4, -0.2) is 36.0 Å². The molecule has 0 aromatic heterocycles. The van der Waals surface area contributed by atoms with Crippen molar-refractivity contribution in [1.82, 2.24) is 16.2 Å². The van der Waals surface area contributed by atoms with Gasteiger partial charge >= 0.3 is 0 Å². The van der Waals surface area contributed by atoms with Crippen molar-refractivity contribution in [1.29, 1.82) is 0 Å². The Labute approximate surface area is 155 Å². The van der Waals surface area contributed by atoms with E-state index in [1.54, 1.807) is 18.9 Å². The molecule has 0 saturated carbocycles. The third-order valence-electron chi connectivity index (χ3n) is 2.88. The largest absolute Gasteiger partial charge is 0.383 e. The van der Waals surface area contributed by atoms with E-state index in [4.69, 9.17) is 17.0 Å². The minimum absolute atomic E-state index is 0.0705. The van der Waals surface area contributed by atoms with Crippen LogP contribution in [-0.2, 0) is 15.3 Å². The van der Waals surface area contributed by atoms with Crippen molar-refractivity contribution in [2.75, 3.05) is 13.7 Å². The van der Waals surface area contributed by atoms with E-state index >= 15 is 0 Å². The maximum absolute atomic E-state index is 12.0. The molecule has 1 amide bonds. The van der Waals surface area contributed by atoms with Gasteiger partial charge in [0.1, 0.15) is 0 Å². The fourth-order valence-electron chi connectivity index (χ4n) is 1.65. The normalized spacial score (nSPS) is 13.0. The van der Waals surface area contributed by atoms with Gasteiger partial charge < -0.3 is 10.1 Å². The Balaban J connectivity index is 2.28. The molecular formula is C15H22BrN3O2S2. The van der Waals surface area contributed by atoms with Gasteiger partial charge in [-0.05, 0) is 43.8 Å². The van der Waals surface area contributed by atoms with Crippen LogP contribution in [0.1, 0.15) is 19.4 Å². The average Bonchev–Trinajstić information content (AvgIpc) is 2.51. The topological polar surface area (TPSA) is 62.4 Å². The van der Waals surface area contributed by atoms with Crippen LogP contribution in [0.3, 0.4) is 0 Å². The first-order valence-corrected chi connectivity index (χ1v) is 9.38. The average molecular weight is 420 g/mol. The highest BCUT2D eigenvalue weighted by Crippen LogP contribution is 2.19. The zero-order valence-corrected chi connectivity index (χ0v) is 16.6. The molecule has 0 saturated heterocycles. The Kier molecular flexibility index (Phi) is 9.54. The molecule has 0 bridgehead atoms. The van der Waals surface area contributed by atoms with Gasteiger partial charge in [0, 0.05) is 23.4 Å². The highest BCUT2D eigenvalue weighted by Gasteiger charge is 2.14. The van der Waals surface area contributed by atoms with Gasteiger partial charge in [-0.2, -0.15) is 0 Å². The fraction of sp³-hybridized carbons (Fsp3) is 0.467. The molecule has 0 aliphatic rings. The number of halogens is 1. The SMILES string of the molecule is COC[C@H](C)NC(=S)NNC(=O)[C@@H](C)SCc1ccc(Br)cc1. The second kappa shape index (κ2) is 10.9. The maximum Gasteiger partial charge on any atom is 0.251 e. The van der Waals surface area contributed by atoms with Crippen LogP contribution in [0.4, 0.5) is 0 Å². The van der Waals surface area contributed by atoms with Crippen molar-refractivity contribution < 1.29 is 9.53 Å². The second-order valence-electron chi connectivity index (χ2n) is 5.02. The van der Waals surface area contributed by atoms with Gasteiger partial charge in [0.25, 0.3) is 5.91 Å². The number of thiocarbonyl (C=S) groups is 1.